The lowest BCUT2D eigenvalue weighted by atomic mass is 9.99. The normalized spacial score (nSPS) is 14.8. The molecule has 1 aromatic carbocycles. The second kappa shape index (κ2) is 10.2. The van der Waals surface area contributed by atoms with Crippen LogP contribution < -0.4 is 15.5 Å². The molecule has 2 aromatic rings. The number of benzene rings is 1. The Morgan fingerprint density at radius 1 is 1.10 bits per heavy atom. The van der Waals surface area contributed by atoms with E-state index in [1.807, 2.05) is 12.1 Å². The maximum absolute atomic E-state index is 12.4. The lowest BCUT2D eigenvalue weighted by Crippen LogP contribution is -2.32. The van der Waals surface area contributed by atoms with Crippen molar-refractivity contribution >= 4 is 23.1 Å². The number of carbonyl (C=O) groups is 1. The zero-order valence-electron chi connectivity index (χ0n) is 17.7. The van der Waals surface area contributed by atoms with Crippen molar-refractivity contribution in [1.29, 1.82) is 0 Å². The first kappa shape index (κ1) is 21.0. The molecule has 1 amide bonds. The third-order valence-electron chi connectivity index (χ3n) is 5.26. The summed E-state index contributed by atoms with van der Waals surface area (Å²) in [5.41, 5.74) is 2.27. The molecule has 29 heavy (non-hydrogen) atoms. The monoisotopic (exact) mass is 396 g/mol. The van der Waals surface area contributed by atoms with Crippen molar-refractivity contribution in [3.8, 4) is 0 Å². The van der Waals surface area contributed by atoms with E-state index in [1.165, 1.54) is 18.5 Å². The fraction of sp³-hybridized carbons (Fsp3) is 0.500. The van der Waals surface area contributed by atoms with E-state index < -0.39 is 0 Å². The molecule has 3 rings (SSSR count). The molecule has 0 aliphatic carbocycles. The Hall–Kier alpha value is -2.67. The van der Waals surface area contributed by atoms with Gasteiger partial charge in [-0.3, -0.25) is 4.79 Å². The number of hydrogen-bond acceptors (Lipinski definition) is 6. The van der Waals surface area contributed by atoms with Crippen LogP contribution in [-0.2, 0) is 0 Å². The van der Waals surface area contributed by atoms with Crippen molar-refractivity contribution < 1.29 is 4.79 Å². The molecule has 2 heterocycles. The Morgan fingerprint density at radius 2 is 1.83 bits per heavy atom. The number of carbonyl (C=O) groups excluding carboxylic acids is 1. The average Bonchev–Trinajstić information content (AvgIpc) is 2.73. The Kier molecular flexibility index (Phi) is 7.41. The molecule has 1 aliphatic heterocycles. The van der Waals surface area contributed by atoms with Crippen LogP contribution >= 0.6 is 0 Å². The summed E-state index contributed by atoms with van der Waals surface area (Å²) in [6.07, 6.45) is 3.48. The highest BCUT2D eigenvalue weighted by molar-refractivity contribution is 6.02. The first-order valence-electron chi connectivity index (χ1n) is 10.4. The number of hydrogen-bond donors (Lipinski definition) is 2. The summed E-state index contributed by atoms with van der Waals surface area (Å²) in [7, 11) is 4.10. The zero-order valence-corrected chi connectivity index (χ0v) is 17.7. The van der Waals surface area contributed by atoms with Gasteiger partial charge in [0.15, 0.2) is 5.69 Å². The number of nitrogens with one attached hydrogen (secondary N) is 2. The maximum Gasteiger partial charge on any atom is 0.276 e. The van der Waals surface area contributed by atoms with Gasteiger partial charge in [0, 0.05) is 31.0 Å². The minimum absolute atomic E-state index is 0.254. The van der Waals surface area contributed by atoms with Crippen LogP contribution in [0.15, 0.2) is 36.4 Å². The van der Waals surface area contributed by atoms with Crippen molar-refractivity contribution in [1.82, 2.24) is 15.1 Å². The summed E-state index contributed by atoms with van der Waals surface area (Å²) in [6.45, 7) is 6.33. The van der Waals surface area contributed by atoms with Crippen LogP contribution in [0.4, 0.5) is 17.2 Å². The highest BCUT2D eigenvalue weighted by Gasteiger charge is 2.16. The molecule has 0 saturated carbocycles. The van der Waals surface area contributed by atoms with Crippen LogP contribution in [0.3, 0.4) is 0 Å². The van der Waals surface area contributed by atoms with Gasteiger partial charge in [0.2, 0.25) is 0 Å². The molecule has 0 bridgehead atoms. The zero-order chi connectivity index (χ0) is 20.6. The Bertz CT molecular complexity index is 767. The van der Waals surface area contributed by atoms with E-state index in [-0.39, 0.29) is 5.91 Å². The second-order valence-electron chi connectivity index (χ2n) is 8.06. The number of amides is 1. The van der Waals surface area contributed by atoms with Crippen molar-refractivity contribution in [2.75, 3.05) is 55.8 Å². The van der Waals surface area contributed by atoms with Crippen molar-refractivity contribution in [2.45, 2.75) is 26.2 Å². The van der Waals surface area contributed by atoms with Gasteiger partial charge in [-0.05, 0) is 82.2 Å². The van der Waals surface area contributed by atoms with E-state index >= 15 is 0 Å². The predicted molar refractivity (Wildman–Crippen MR) is 119 cm³/mol. The van der Waals surface area contributed by atoms with Gasteiger partial charge < -0.3 is 20.4 Å². The fourth-order valence-electron chi connectivity index (χ4n) is 3.38. The largest absolute Gasteiger partial charge is 0.372 e. The van der Waals surface area contributed by atoms with Crippen LogP contribution in [0.1, 0.15) is 36.7 Å². The summed E-state index contributed by atoms with van der Waals surface area (Å²) in [5, 5.41) is 14.3. The molecule has 7 nitrogen and oxygen atoms in total. The van der Waals surface area contributed by atoms with E-state index in [2.05, 4.69) is 63.8 Å². The van der Waals surface area contributed by atoms with Gasteiger partial charge in [-0.1, -0.05) is 6.92 Å². The van der Waals surface area contributed by atoms with E-state index in [9.17, 15) is 4.79 Å². The van der Waals surface area contributed by atoms with Crippen LogP contribution in [0.2, 0.25) is 0 Å². The average molecular weight is 397 g/mol. The minimum atomic E-state index is -0.254. The lowest BCUT2D eigenvalue weighted by Gasteiger charge is -2.32. The summed E-state index contributed by atoms with van der Waals surface area (Å²) in [6, 6.07) is 11.5. The quantitative estimate of drug-likeness (QED) is 0.667. The molecule has 1 aromatic heterocycles. The first-order valence-corrected chi connectivity index (χ1v) is 10.4. The van der Waals surface area contributed by atoms with Gasteiger partial charge in [0.05, 0.1) is 0 Å². The molecule has 0 unspecified atom stereocenters. The predicted octanol–water partition coefficient (Wildman–Crippen LogP) is 3.33. The van der Waals surface area contributed by atoms with Crippen LogP contribution in [0, 0.1) is 5.92 Å². The fourth-order valence-corrected chi connectivity index (χ4v) is 3.38. The number of aromatic nitrogens is 2. The number of piperidine rings is 1. The highest BCUT2D eigenvalue weighted by Crippen LogP contribution is 2.24. The van der Waals surface area contributed by atoms with Crippen molar-refractivity contribution in [2.24, 2.45) is 5.92 Å². The van der Waals surface area contributed by atoms with E-state index in [0.717, 1.165) is 44.2 Å². The molecule has 1 saturated heterocycles. The molecule has 156 valence electrons. The van der Waals surface area contributed by atoms with Crippen LogP contribution in [0.25, 0.3) is 0 Å². The molecule has 2 N–H and O–H groups in total. The van der Waals surface area contributed by atoms with Gasteiger partial charge in [0.25, 0.3) is 5.91 Å². The summed E-state index contributed by atoms with van der Waals surface area (Å²) in [4.78, 5) is 17.0. The third kappa shape index (κ3) is 6.42. The van der Waals surface area contributed by atoms with E-state index in [4.69, 9.17) is 0 Å². The van der Waals surface area contributed by atoms with Gasteiger partial charge in [-0.15, -0.1) is 10.2 Å². The highest BCUT2D eigenvalue weighted by atomic mass is 16.1. The molecule has 0 atom stereocenters. The molecular formula is C22H32N6O. The summed E-state index contributed by atoms with van der Waals surface area (Å²) >= 11 is 0. The maximum atomic E-state index is 12.4. The topological polar surface area (TPSA) is 73.4 Å². The molecule has 1 fully saturated rings. The molecule has 1 aliphatic rings. The van der Waals surface area contributed by atoms with Gasteiger partial charge in [0.1, 0.15) is 5.82 Å². The standard InChI is InChI=1S/C22H32N6O/c1-17-11-15-28(16-12-17)19-7-5-18(6-8-19)24-22(29)20-9-10-21(26-25-20)23-13-4-14-27(2)3/h5-10,17H,4,11-16H2,1-3H3,(H,23,26)(H,24,29). The van der Waals surface area contributed by atoms with Crippen molar-refractivity contribution in [3.63, 3.8) is 0 Å². The molecule has 0 radical (unpaired) electrons. The number of rotatable bonds is 8. The Balaban J connectivity index is 1.49. The molecule has 0 spiro atoms. The Labute approximate surface area is 173 Å². The number of anilines is 3. The van der Waals surface area contributed by atoms with Crippen molar-refractivity contribution in [3.05, 3.63) is 42.1 Å². The lowest BCUT2D eigenvalue weighted by molar-refractivity contribution is 0.102. The molecule has 7 heteroatoms. The van der Waals surface area contributed by atoms with E-state index in [1.54, 1.807) is 12.1 Å². The SMILES string of the molecule is CC1CCN(c2ccc(NC(=O)c3ccc(NCCCN(C)C)nn3)cc2)CC1. The van der Waals surface area contributed by atoms with Gasteiger partial charge in [-0.25, -0.2) is 0 Å². The Morgan fingerprint density at radius 3 is 2.45 bits per heavy atom. The van der Waals surface area contributed by atoms with Gasteiger partial charge >= 0.3 is 0 Å². The minimum Gasteiger partial charge on any atom is -0.372 e. The first-order chi connectivity index (χ1) is 14.0. The smallest absolute Gasteiger partial charge is 0.276 e. The van der Waals surface area contributed by atoms with Crippen LogP contribution in [-0.4, -0.2) is 61.3 Å². The summed E-state index contributed by atoms with van der Waals surface area (Å²) < 4.78 is 0. The number of nitrogens with zero attached hydrogens (tertiary/aromatic N) is 4. The third-order valence-corrected chi connectivity index (χ3v) is 5.26. The van der Waals surface area contributed by atoms with Gasteiger partial charge in [-0.2, -0.15) is 0 Å². The molecular weight excluding hydrogens is 364 g/mol. The summed E-state index contributed by atoms with van der Waals surface area (Å²) in [5.74, 6) is 1.24. The second-order valence-corrected chi connectivity index (χ2v) is 8.06. The van der Waals surface area contributed by atoms with E-state index in [0.29, 0.717) is 11.5 Å². The van der Waals surface area contributed by atoms with Crippen LogP contribution in [0.5, 0.6) is 0 Å².